The van der Waals surface area contributed by atoms with Crippen LogP contribution in [0.2, 0.25) is 0 Å². The van der Waals surface area contributed by atoms with Gasteiger partial charge in [0.2, 0.25) is 15.9 Å². The lowest BCUT2D eigenvalue weighted by Gasteiger charge is -2.26. The minimum atomic E-state index is -4.08. The number of unbranched alkanes of at least 4 members (excludes halogenated alkanes) is 1. The third-order valence-electron chi connectivity index (χ3n) is 5.70. The number of amides is 1. The van der Waals surface area contributed by atoms with Crippen LogP contribution >= 0.6 is 11.3 Å². The zero-order valence-electron chi connectivity index (χ0n) is 20.5. The van der Waals surface area contributed by atoms with Gasteiger partial charge in [0.1, 0.15) is 4.21 Å². The van der Waals surface area contributed by atoms with E-state index in [1.165, 1.54) is 0 Å². The Hall–Kier alpha value is -2.27. The van der Waals surface area contributed by atoms with E-state index in [1.54, 1.807) is 29.2 Å². The van der Waals surface area contributed by atoms with Crippen molar-refractivity contribution in [3.63, 3.8) is 0 Å². The number of sulfonamides is 1. The summed E-state index contributed by atoms with van der Waals surface area (Å²) >= 11 is 1.03. The van der Waals surface area contributed by atoms with Gasteiger partial charge < -0.3 is 14.4 Å². The van der Waals surface area contributed by atoms with Crippen LogP contribution in [0.1, 0.15) is 54.4 Å². The zero-order chi connectivity index (χ0) is 25.6. The Balaban J connectivity index is 1.98. The smallest absolute Gasteiger partial charge is 0.339 e. The lowest BCUT2D eigenvalue weighted by atomic mass is 9.98. The molecule has 2 aromatic rings. The molecule has 0 saturated carbocycles. The summed E-state index contributed by atoms with van der Waals surface area (Å²) in [5.41, 5.74) is 1.89. The van der Waals surface area contributed by atoms with E-state index in [9.17, 15) is 18.0 Å². The molecular weight excluding hydrogens is 488 g/mol. The standard InChI is InChI=1S/C25H34N2O6S2/c1-4-5-12-33-24(29)23-20(15-17(2)3)34-25(35(26,30)31)22(23)19-8-6-18(7-9-19)16-21(28)27-10-13-32-14-11-27/h6-9,17H,4-5,10-16H2,1-3H3,(H2,26,30,31). The van der Waals surface area contributed by atoms with Gasteiger partial charge in [0.25, 0.3) is 0 Å². The van der Waals surface area contributed by atoms with E-state index in [1.807, 2.05) is 20.8 Å². The molecule has 0 aliphatic carbocycles. The third-order valence-corrected chi connectivity index (χ3v) is 8.37. The van der Waals surface area contributed by atoms with Gasteiger partial charge in [-0.2, -0.15) is 0 Å². The number of morpholine rings is 1. The summed E-state index contributed by atoms with van der Waals surface area (Å²) in [6, 6.07) is 7.04. The largest absolute Gasteiger partial charge is 0.462 e. The summed E-state index contributed by atoms with van der Waals surface area (Å²) in [4.78, 5) is 28.2. The van der Waals surface area contributed by atoms with Crippen molar-refractivity contribution in [3.8, 4) is 11.1 Å². The van der Waals surface area contributed by atoms with E-state index >= 15 is 0 Å². The number of ether oxygens (including phenoxy) is 2. The van der Waals surface area contributed by atoms with Crippen LogP contribution in [0.25, 0.3) is 11.1 Å². The maximum Gasteiger partial charge on any atom is 0.339 e. The Bertz CT molecular complexity index is 1130. The summed E-state index contributed by atoms with van der Waals surface area (Å²) in [5, 5.41) is 5.58. The average molecular weight is 523 g/mol. The molecule has 3 rings (SSSR count). The van der Waals surface area contributed by atoms with E-state index in [-0.39, 0.29) is 40.2 Å². The number of rotatable bonds is 10. The van der Waals surface area contributed by atoms with Gasteiger partial charge in [-0.3, -0.25) is 4.79 Å². The van der Waals surface area contributed by atoms with E-state index in [4.69, 9.17) is 14.6 Å². The monoisotopic (exact) mass is 522 g/mol. The first-order valence-corrected chi connectivity index (χ1v) is 14.3. The molecule has 8 nitrogen and oxygen atoms in total. The van der Waals surface area contributed by atoms with Crippen molar-refractivity contribution >= 4 is 33.2 Å². The van der Waals surface area contributed by atoms with Crippen molar-refractivity contribution in [2.24, 2.45) is 11.1 Å². The fourth-order valence-corrected chi connectivity index (χ4v) is 6.44. The molecule has 2 heterocycles. The van der Waals surface area contributed by atoms with E-state index in [0.717, 1.165) is 29.7 Å². The number of hydrogen-bond acceptors (Lipinski definition) is 7. The molecule has 2 N–H and O–H groups in total. The minimum Gasteiger partial charge on any atom is -0.462 e. The molecule has 1 aromatic carbocycles. The van der Waals surface area contributed by atoms with Gasteiger partial charge in [0.15, 0.2) is 0 Å². The van der Waals surface area contributed by atoms with Crippen molar-refractivity contribution in [2.45, 2.75) is 50.7 Å². The van der Waals surface area contributed by atoms with Crippen molar-refractivity contribution in [1.82, 2.24) is 4.90 Å². The molecule has 35 heavy (non-hydrogen) atoms. The highest BCUT2D eigenvalue weighted by Gasteiger charge is 2.31. The molecule has 0 radical (unpaired) electrons. The summed E-state index contributed by atoms with van der Waals surface area (Å²) < 4.78 is 35.8. The first-order valence-electron chi connectivity index (χ1n) is 11.9. The number of carbonyl (C=O) groups is 2. The lowest BCUT2D eigenvalue weighted by molar-refractivity contribution is -0.134. The fourth-order valence-electron chi connectivity index (χ4n) is 3.92. The van der Waals surface area contributed by atoms with Crippen LogP contribution in [0, 0.1) is 5.92 Å². The van der Waals surface area contributed by atoms with Crippen LogP contribution in [0.4, 0.5) is 0 Å². The molecule has 0 spiro atoms. The van der Waals surface area contributed by atoms with Crippen LogP contribution < -0.4 is 5.14 Å². The quantitative estimate of drug-likeness (QED) is 0.376. The molecule has 0 unspecified atom stereocenters. The van der Waals surface area contributed by atoms with Gasteiger partial charge in [0.05, 0.1) is 31.8 Å². The Morgan fingerprint density at radius 2 is 1.83 bits per heavy atom. The average Bonchev–Trinajstić information content (AvgIpc) is 3.19. The number of hydrogen-bond donors (Lipinski definition) is 1. The molecule has 1 aliphatic rings. The van der Waals surface area contributed by atoms with Gasteiger partial charge in [-0.15, -0.1) is 11.3 Å². The second kappa shape index (κ2) is 12.1. The van der Waals surface area contributed by atoms with Crippen LogP contribution in [-0.2, 0) is 37.1 Å². The highest BCUT2D eigenvalue weighted by molar-refractivity contribution is 7.91. The van der Waals surface area contributed by atoms with E-state index in [2.05, 4.69) is 0 Å². The van der Waals surface area contributed by atoms with E-state index < -0.39 is 16.0 Å². The molecule has 1 saturated heterocycles. The Labute approximate surface area is 211 Å². The highest BCUT2D eigenvalue weighted by Crippen LogP contribution is 2.41. The minimum absolute atomic E-state index is 0.0150. The summed E-state index contributed by atoms with van der Waals surface area (Å²) in [7, 11) is -4.08. The Morgan fingerprint density at radius 1 is 1.17 bits per heavy atom. The summed E-state index contributed by atoms with van der Waals surface area (Å²) in [6.07, 6.45) is 2.35. The number of esters is 1. The van der Waals surface area contributed by atoms with Gasteiger partial charge in [-0.25, -0.2) is 18.4 Å². The van der Waals surface area contributed by atoms with Crippen LogP contribution in [-0.4, -0.2) is 58.1 Å². The molecule has 1 aliphatic heterocycles. The van der Waals surface area contributed by atoms with Crippen molar-refractivity contribution in [1.29, 1.82) is 0 Å². The molecule has 10 heteroatoms. The lowest BCUT2D eigenvalue weighted by Crippen LogP contribution is -2.41. The first-order chi connectivity index (χ1) is 16.6. The second-order valence-corrected chi connectivity index (χ2v) is 11.9. The number of thiophene rings is 1. The molecule has 1 amide bonds. The normalized spacial score (nSPS) is 14.4. The van der Waals surface area contributed by atoms with E-state index in [0.29, 0.717) is 43.2 Å². The maximum atomic E-state index is 13.1. The van der Waals surface area contributed by atoms with Crippen molar-refractivity contribution < 1.29 is 27.5 Å². The van der Waals surface area contributed by atoms with Gasteiger partial charge in [-0.05, 0) is 29.9 Å². The molecule has 0 bridgehead atoms. The predicted molar refractivity (Wildman–Crippen MR) is 136 cm³/mol. The van der Waals surface area contributed by atoms with Crippen molar-refractivity contribution in [3.05, 3.63) is 40.3 Å². The first kappa shape index (κ1) is 27.3. The topological polar surface area (TPSA) is 116 Å². The Kier molecular flexibility index (Phi) is 9.46. The zero-order valence-corrected chi connectivity index (χ0v) is 22.2. The summed E-state index contributed by atoms with van der Waals surface area (Å²) in [6.45, 7) is 8.49. The SMILES string of the molecule is CCCCOC(=O)c1c(CC(C)C)sc(S(N)(=O)=O)c1-c1ccc(CC(=O)N2CCOCC2)cc1. The number of carbonyl (C=O) groups excluding carboxylic acids is 2. The number of primary sulfonamides is 1. The third kappa shape index (κ3) is 7.13. The molecule has 1 fully saturated rings. The number of nitrogens with zero attached hydrogens (tertiary/aromatic N) is 1. The molecular formula is C25H34N2O6S2. The number of benzene rings is 1. The molecule has 192 valence electrons. The molecule has 1 aromatic heterocycles. The van der Waals surface area contributed by atoms with Crippen LogP contribution in [0.5, 0.6) is 0 Å². The van der Waals surface area contributed by atoms with Crippen LogP contribution in [0.15, 0.2) is 28.5 Å². The fraction of sp³-hybridized carbons (Fsp3) is 0.520. The second-order valence-electron chi connectivity index (χ2n) is 9.06. The summed E-state index contributed by atoms with van der Waals surface area (Å²) in [5.74, 6) is -0.325. The highest BCUT2D eigenvalue weighted by atomic mass is 32.2. The molecule has 0 atom stereocenters. The number of nitrogens with two attached hydrogens (primary N) is 1. The Morgan fingerprint density at radius 3 is 2.40 bits per heavy atom. The van der Waals surface area contributed by atoms with Crippen LogP contribution in [0.3, 0.4) is 0 Å². The maximum absolute atomic E-state index is 13.1. The van der Waals surface area contributed by atoms with Gasteiger partial charge >= 0.3 is 5.97 Å². The van der Waals surface area contributed by atoms with Gasteiger partial charge in [-0.1, -0.05) is 51.5 Å². The predicted octanol–water partition coefficient (Wildman–Crippen LogP) is 3.62. The van der Waals surface area contributed by atoms with Gasteiger partial charge in [0, 0.05) is 23.5 Å². The van der Waals surface area contributed by atoms with Crippen molar-refractivity contribution in [2.75, 3.05) is 32.9 Å².